The molecule has 0 spiro atoms. The number of aromatic nitrogens is 1. The molecule has 2 atom stereocenters. The van der Waals surface area contributed by atoms with Gasteiger partial charge in [-0.3, -0.25) is 4.98 Å². The Kier molecular flexibility index (Phi) is 4.44. The number of nitrogens with one attached hydrogen (secondary N) is 1. The van der Waals surface area contributed by atoms with Gasteiger partial charge in [0.15, 0.2) is 0 Å². The van der Waals surface area contributed by atoms with Gasteiger partial charge in [-0.15, -0.1) is 12.4 Å². The van der Waals surface area contributed by atoms with E-state index in [9.17, 15) is 13.2 Å². The maximum Gasteiger partial charge on any atom is 0.419 e. The molecule has 0 bridgehead atoms. The van der Waals surface area contributed by atoms with Gasteiger partial charge in [0.05, 0.1) is 11.3 Å². The largest absolute Gasteiger partial charge is 0.419 e. The number of hydrogen-bond donors (Lipinski definition) is 1. The first-order chi connectivity index (χ1) is 9.05. The maximum atomic E-state index is 13.0. The predicted octanol–water partition coefficient (Wildman–Crippen LogP) is 2.57. The standard InChI is InChI=1S/C13H16F3N3.ClH/c14-13(15,16)11-7-17-3-1-12(11)19-4-2-9-5-18-6-10(9)8-19;/h1,3,7,9-10,18H,2,4-6,8H2;1H/t9-,10-;/m1./s1. The van der Waals surface area contributed by atoms with Crippen LogP contribution in [0, 0.1) is 11.8 Å². The van der Waals surface area contributed by atoms with Crippen LogP contribution in [0.3, 0.4) is 0 Å². The van der Waals surface area contributed by atoms with Crippen molar-refractivity contribution in [3.05, 3.63) is 24.0 Å². The van der Waals surface area contributed by atoms with E-state index >= 15 is 0 Å². The van der Waals surface area contributed by atoms with Crippen LogP contribution < -0.4 is 10.2 Å². The first kappa shape index (κ1) is 15.4. The molecule has 1 aromatic rings. The highest BCUT2D eigenvalue weighted by Crippen LogP contribution is 2.38. The molecule has 0 saturated carbocycles. The normalized spacial score (nSPS) is 26.1. The fourth-order valence-corrected chi connectivity index (χ4v) is 3.13. The third-order valence-electron chi connectivity index (χ3n) is 4.15. The summed E-state index contributed by atoms with van der Waals surface area (Å²) in [5.41, 5.74) is -0.354. The van der Waals surface area contributed by atoms with E-state index in [0.717, 1.165) is 25.7 Å². The lowest BCUT2D eigenvalue weighted by Gasteiger charge is -2.37. The van der Waals surface area contributed by atoms with Gasteiger partial charge >= 0.3 is 6.18 Å². The van der Waals surface area contributed by atoms with Gasteiger partial charge in [-0.1, -0.05) is 0 Å². The van der Waals surface area contributed by atoms with Crippen molar-refractivity contribution in [2.45, 2.75) is 12.6 Å². The number of pyridine rings is 1. The molecule has 1 aromatic heterocycles. The average molecular weight is 308 g/mol. The summed E-state index contributed by atoms with van der Waals surface area (Å²) in [6, 6.07) is 1.48. The molecule has 2 aliphatic rings. The van der Waals surface area contributed by atoms with Crippen molar-refractivity contribution < 1.29 is 13.2 Å². The molecule has 2 aliphatic heterocycles. The number of piperidine rings is 1. The van der Waals surface area contributed by atoms with E-state index in [4.69, 9.17) is 0 Å². The number of hydrogen-bond acceptors (Lipinski definition) is 3. The molecular weight excluding hydrogens is 291 g/mol. The number of rotatable bonds is 1. The minimum Gasteiger partial charge on any atom is -0.371 e. The van der Waals surface area contributed by atoms with E-state index in [2.05, 4.69) is 10.3 Å². The fourth-order valence-electron chi connectivity index (χ4n) is 3.13. The van der Waals surface area contributed by atoms with Gasteiger partial charge in [-0.05, 0) is 37.4 Å². The van der Waals surface area contributed by atoms with E-state index in [0.29, 0.717) is 24.9 Å². The Morgan fingerprint density at radius 2 is 2.00 bits per heavy atom. The Hall–Kier alpha value is -1.01. The molecule has 3 rings (SSSR count). The quantitative estimate of drug-likeness (QED) is 0.864. The minimum atomic E-state index is -4.34. The van der Waals surface area contributed by atoms with E-state index in [1.54, 1.807) is 0 Å². The van der Waals surface area contributed by atoms with Crippen molar-refractivity contribution in [2.24, 2.45) is 11.8 Å². The third-order valence-corrected chi connectivity index (χ3v) is 4.15. The van der Waals surface area contributed by atoms with Crippen molar-refractivity contribution in [3.63, 3.8) is 0 Å². The lowest BCUT2D eigenvalue weighted by atomic mass is 9.88. The topological polar surface area (TPSA) is 28.2 Å². The molecule has 3 nitrogen and oxygen atoms in total. The number of nitrogens with zero attached hydrogens (tertiary/aromatic N) is 2. The van der Waals surface area contributed by atoms with Crippen LogP contribution in [0.4, 0.5) is 18.9 Å². The molecule has 2 saturated heterocycles. The van der Waals surface area contributed by atoms with Crippen LogP contribution in [0.2, 0.25) is 0 Å². The van der Waals surface area contributed by atoms with E-state index in [1.807, 2.05) is 4.90 Å². The van der Waals surface area contributed by atoms with Crippen LogP contribution in [-0.2, 0) is 6.18 Å². The maximum absolute atomic E-state index is 13.0. The van der Waals surface area contributed by atoms with E-state index in [-0.39, 0.29) is 18.1 Å². The highest BCUT2D eigenvalue weighted by atomic mass is 35.5. The minimum absolute atomic E-state index is 0. The van der Waals surface area contributed by atoms with Crippen LogP contribution in [0.5, 0.6) is 0 Å². The van der Waals surface area contributed by atoms with Crippen molar-refractivity contribution in [2.75, 3.05) is 31.1 Å². The molecule has 20 heavy (non-hydrogen) atoms. The summed E-state index contributed by atoms with van der Waals surface area (Å²) in [6.07, 6.45) is -1.02. The molecule has 112 valence electrons. The van der Waals surface area contributed by atoms with Crippen LogP contribution in [-0.4, -0.2) is 31.2 Å². The summed E-state index contributed by atoms with van der Waals surface area (Å²) >= 11 is 0. The number of anilines is 1. The van der Waals surface area contributed by atoms with Crippen molar-refractivity contribution in [1.82, 2.24) is 10.3 Å². The van der Waals surface area contributed by atoms with Crippen LogP contribution in [0.25, 0.3) is 0 Å². The predicted molar refractivity (Wildman–Crippen MR) is 73.2 cm³/mol. The highest BCUT2D eigenvalue weighted by Gasteiger charge is 2.38. The molecule has 7 heteroatoms. The van der Waals surface area contributed by atoms with Crippen LogP contribution >= 0.6 is 12.4 Å². The van der Waals surface area contributed by atoms with Crippen LogP contribution in [0.1, 0.15) is 12.0 Å². The zero-order valence-corrected chi connectivity index (χ0v) is 11.7. The number of alkyl halides is 3. The molecule has 0 radical (unpaired) electrons. The number of halogens is 4. The summed E-state index contributed by atoms with van der Waals surface area (Å²) in [4.78, 5) is 5.47. The molecular formula is C13H17ClF3N3. The lowest BCUT2D eigenvalue weighted by Crippen LogP contribution is -2.40. The second-order valence-corrected chi connectivity index (χ2v) is 5.30. The molecule has 0 aromatic carbocycles. The summed E-state index contributed by atoms with van der Waals surface area (Å²) in [5.74, 6) is 1.08. The average Bonchev–Trinajstić information content (AvgIpc) is 2.85. The van der Waals surface area contributed by atoms with Gasteiger partial charge < -0.3 is 10.2 Å². The molecule has 1 N–H and O–H groups in total. The molecule has 3 heterocycles. The first-order valence-electron chi connectivity index (χ1n) is 6.52. The molecule has 0 amide bonds. The molecule has 0 aliphatic carbocycles. The van der Waals surface area contributed by atoms with E-state index < -0.39 is 11.7 Å². The van der Waals surface area contributed by atoms with Gasteiger partial charge in [-0.25, -0.2) is 0 Å². The zero-order valence-electron chi connectivity index (χ0n) is 10.9. The van der Waals surface area contributed by atoms with Crippen LogP contribution in [0.15, 0.2) is 18.5 Å². The lowest BCUT2D eigenvalue weighted by molar-refractivity contribution is -0.137. The summed E-state index contributed by atoms with van der Waals surface area (Å²) in [6.45, 7) is 3.30. The smallest absolute Gasteiger partial charge is 0.371 e. The summed E-state index contributed by atoms with van der Waals surface area (Å²) in [7, 11) is 0. The third kappa shape index (κ3) is 2.86. The van der Waals surface area contributed by atoms with Gasteiger partial charge in [0.2, 0.25) is 0 Å². The van der Waals surface area contributed by atoms with Crippen molar-refractivity contribution in [3.8, 4) is 0 Å². The Labute approximate surface area is 122 Å². The van der Waals surface area contributed by atoms with Gasteiger partial charge in [0.1, 0.15) is 0 Å². The summed E-state index contributed by atoms with van der Waals surface area (Å²) < 4.78 is 39.0. The number of fused-ring (bicyclic) bond motifs is 1. The van der Waals surface area contributed by atoms with Crippen molar-refractivity contribution in [1.29, 1.82) is 0 Å². The first-order valence-corrected chi connectivity index (χ1v) is 6.52. The fraction of sp³-hybridized carbons (Fsp3) is 0.615. The second-order valence-electron chi connectivity index (χ2n) is 5.30. The van der Waals surface area contributed by atoms with Gasteiger partial charge in [0.25, 0.3) is 0 Å². The van der Waals surface area contributed by atoms with Gasteiger partial charge in [0, 0.05) is 25.5 Å². The Morgan fingerprint density at radius 3 is 2.75 bits per heavy atom. The van der Waals surface area contributed by atoms with E-state index in [1.165, 1.54) is 12.3 Å². The SMILES string of the molecule is Cl.FC(F)(F)c1cnccc1N1CC[C@@H]2CNC[C@@H]2C1. The highest BCUT2D eigenvalue weighted by molar-refractivity contribution is 5.85. The Balaban J connectivity index is 0.00000147. The summed E-state index contributed by atoms with van der Waals surface area (Å²) in [5, 5.41) is 3.32. The zero-order chi connectivity index (χ0) is 13.5. The molecule has 0 unspecified atom stereocenters. The van der Waals surface area contributed by atoms with Gasteiger partial charge in [-0.2, -0.15) is 13.2 Å². The Morgan fingerprint density at radius 1 is 1.25 bits per heavy atom. The van der Waals surface area contributed by atoms with Crippen molar-refractivity contribution >= 4 is 18.1 Å². The Bertz CT molecular complexity index is 466. The monoisotopic (exact) mass is 307 g/mol. The second kappa shape index (κ2) is 5.77. The molecule has 2 fully saturated rings.